The summed E-state index contributed by atoms with van der Waals surface area (Å²) in [6, 6.07) is 8.27. The first kappa shape index (κ1) is 21.3. The molecule has 1 aromatic rings. The number of likely N-dealkylation sites (tertiary alicyclic amines) is 1. The highest BCUT2D eigenvalue weighted by molar-refractivity contribution is 14.0. The molecule has 1 N–H and O–H groups in total. The minimum atomic E-state index is -2.82. The fraction of sp³-hybridized carbons (Fsp3) is 0.611. The maximum Gasteiger partial charge on any atom is 0.193 e. The van der Waals surface area contributed by atoms with Crippen LogP contribution in [0.2, 0.25) is 0 Å². The van der Waals surface area contributed by atoms with Crippen molar-refractivity contribution in [2.75, 3.05) is 45.3 Å². The van der Waals surface area contributed by atoms with Crippen LogP contribution in [0, 0.1) is 5.92 Å². The number of sulfone groups is 1. The van der Waals surface area contributed by atoms with Crippen molar-refractivity contribution in [3.05, 3.63) is 29.8 Å². The number of benzene rings is 1. The topological polar surface area (TPSA) is 71.0 Å². The van der Waals surface area contributed by atoms with Gasteiger partial charge in [-0.15, -0.1) is 24.0 Å². The number of guanidine groups is 1. The van der Waals surface area contributed by atoms with Crippen LogP contribution in [-0.4, -0.2) is 64.6 Å². The molecule has 2 unspecified atom stereocenters. The predicted octanol–water partition coefficient (Wildman–Crippen LogP) is 2.11. The first-order valence-corrected chi connectivity index (χ1v) is 10.6. The van der Waals surface area contributed by atoms with Crippen LogP contribution in [0.1, 0.15) is 24.3 Å². The summed E-state index contributed by atoms with van der Waals surface area (Å²) in [4.78, 5) is 6.65. The average molecular weight is 493 g/mol. The van der Waals surface area contributed by atoms with E-state index in [9.17, 15) is 8.42 Å². The molecule has 8 heteroatoms. The molecule has 2 saturated heterocycles. The monoisotopic (exact) mass is 493 g/mol. The van der Waals surface area contributed by atoms with Crippen molar-refractivity contribution in [1.29, 1.82) is 0 Å². The molecule has 0 amide bonds. The van der Waals surface area contributed by atoms with E-state index in [2.05, 4.69) is 27.3 Å². The smallest absolute Gasteiger partial charge is 0.193 e. The Labute approximate surface area is 173 Å². The van der Waals surface area contributed by atoms with Crippen molar-refractivity contribution in [3.63, 3.8) is 0 Å². The van der Waals surface area contributed by atoms with Gasteiger partial charge in [-0.3, -0.25) is 4.99 Å². The minimum absolute atomic E-state index is 0. The van der Waals surface area contributed by atoms with Crippen LogP contribution >= 0.6 is 24.0 Å². The average Bonchev–Trinajstić information content (AvgIpc) is 3.22. The molecule has 146 valence electrons. The zero-order valence-electron chi connectivity index (χ0n) is 15.3. The second-order valence-electron chi connectivity index (χ2n) is 6.90. The lowest BCUT2D eigenvalue weighted by molar-refractivity contribution is 0.414. The number of rotatable bonds is 4. The van der Waals surface area contributed by atoms with E-state index >= 15 is 0 Å². The Balaban J connectivity index is 0.00000243. The van der Waals surface area contributed by atoms with E-state index in [0.29, 0.717) is 24.0 Å². The van der Waals surface area contributed by atoms with E-state index in [4.69, 9.17) is 4.74 Å². The fourth-order valence-electron chi connectivity index (χ4n) is 3.70. The van der Waals surface area contributed by atoms with E-state index in [1.54, 1.807) is 14.2 Å². The summed E-state index contributed by atoms with van der Waals surface area (Å²) in [5, 5.41) is 3.37. The van der Waals surface area contributed by atoms with E-state index in [1.165, 1.54) is 5.56 Å². The molecule has 0 aliphatic carbocycles. The summed E-state index contributed by atoms with van der Waals surface area (Å²) >= 11 is 0. The van der Waals surface area contributed by atoms with Crippen LogP contribution < -0.4 is 10.1 Å². The third-order valence-electron chi connectivity index (χ3n) is 5.16. The summed E-state index contributed by atoms with van der Waals surface area (Å²) in [5.41, 5.74) is 1.32. The zero-order valence-corrected chi connectivity index (χ0v) is 18.5. The van der Waals surface area contributed by atoms with Crippen LogP contribution in [0.4, 0.5) is 0 Å². The van der Waals surface area contributed by atoms with Crippen LogP contribution in [0.5, 0.6) is 5.75 Å². The molecule has 26 heavy (non-hydrogen) atoms. The highest BCUT2D eigenvalue weighted by Crippen LogP contribution is 2.28. The second kappa shape index (κ2) is 9.25. The van der Waals surface area contributed by atoms with E-state index in [0.717, 1.165) is 37.6 Å². The predicted molar refractivity (Wildman–Crippen MR) is 115 cm³/mol. The maximum atomic E-state index is 11.6. The first-order chi connectivity index (χ1) is 12.0. The lowest BCUT2D eigenvalue weighted by Gasteiger charge is -2.23. The van der Waals surface area contributed by atoms with Gasteiger partial charge in [0.1, 0.15) is 5.75 Å². The molecule has 1 aromatic carbocycles. The number of methoxy groups -OCH3 is 1. The van der Waals surface area contributed by atoms with Crippen molar-refractivity contribution in [1.82, 2.24) is 10.2 Å². The molecular weight excluding hydrogens is 465 g/mol. The van der Waals surface area contributed by atoms with Crippen LogP contribution in [-0.2, 0) is 9.84 Å². The molecular formula is C18H28IN3O3S. The Morgan fingerprint density at radius 3 is 2.62 bits per heavy atom. The van der Waals surface area contributed by atoms with Crippen LogP contribution in [0.3, 0.4) is 0 Å². The second-order valence-corrected chi connectivity index (χ2v) is 9.13. The van der Waals surface area contributed by atoms with E-state index in [-0.39, 0.29) is 29.9 Å². The number of hydrogen-bond acceptors (Lipinski definition) is 4. The van der Waals surface area contributed by atoms with Gasteiger partial charge in [0.2, 0.25) is 0 Å². The van der Waals surface area contributed by atoms with E-state index < -0.39 is 9.84 Å². The molecule has 6 nitrogen and oxygen atoms in total. The first-order valence-electron chi connectivity index (χ1n) is 8.80. The standard InChI is InChI=1S/C18H27N3O3S.HI/c1-19-18(20-11-14-8-10-25(22,23)13-14)21-9-7-16(12-21)15-3-5-17(24-2)6-4-15;/h3-6,14,16H,7-13H2,1-2H3,(H,19,20);1H. The molecule has 0 saturated carbocycles. The highest BCUT2D eigenvalue weighted by atomic mass is 127. The molecule has 0 bridgehead atoms. The molecule has 2 fully saturated rings. The quantitative estimate of drug-likeness (QED) is 0.396. The SMILES string of the molecule is CN=C(NCC1CCS(=O)(=O)C1)N1CCC(c2ccc(OC)cc2)C1.I. The molecule has 2 aliphatic heterocycles. The van der Waals surface area contributed by atoms with Gasteiger partial charge < -0.3 is 15.0 Å². The summed E-state index contributed by atoms with van der Waals surface area (Å²) in [6.07, 6.45) is 1.84. The number of aliphatic imine (C=N–C) groups is 1. The van der Waals surface area contributed by atoms with Gasteiger partial charge in [0.25, 0.3) is 0 Å². The zero-order chi connectivity index (χ0) is 17.9. The third kappa shape index (κ3) is 5.25. The van der Waals surface area contributed by atoms with Crippen molar-refractivity contribution >= 4 is 39.8 Å². The Bertz CT molecular complexity index is 722. The summed E-state index contributed by atoms with van der Waals surface area (Å²) < 4.78 is 28.4. The maximum absolute atomic E-state index is 11.6. The lowest BCUT2D eigenvalue weighted by atomic mass is 9.98. The van der Waals surface area contributed by atoms with Gasteiger partial charge in [-0.2, -0.15) is 0 Å². The third-order valence-corrected chi connectivity index (χ3v) is 7.00. The molecule has 0 radical (unpaired) electrons. The van der Waals surface area contributed by atoms with E-state index in [1.807, 2.05) is 12.1 Å². The van der Waals surface area contributed by atoms with Crippen molar-refractivity contribution in [2.45, 2.75) is 18.8 Å². The Hall–Kier alpha value is -1.03. The molecule has 0 aromatic heterocycles. The molecule has 2 atom stereocenters. The van der Waals surface area contributed by atoms with Gasteiger partial charge in [-0.1, -0.05) is 12.1 Å². The molecule has 2 aliphatic rings. The Kier molecular flexibility index (Phi) is 7.57. The van der Waals surface area contributed by atoms with Crippen molar-refractivity contribution < 1.29 is 13.2 Å². The summed E-state index contributed by atoms with van der Waals surface area (Å²) in [5.74, 6) is 3.05. The van der Waals surface area contributed by atoms with Gasteiger partial charge >= 0.3 is 0 Å². The highest BCUT2D eigenvalue weighted by Gasteiger charge is 2.29. The van der Waals surface area contributed by atoms with Gasteiger partial charge in [0, 0.05) is 32.6 Å². The fourth-order valence-corrected chi connectivity index (χ4v) is 5.56. The van der Waals surface area contributed by atoms with Crippen LogP contribution in [0.25, 0.3) is 0 Å². The van der Waals surface area contributed by atoms with Gasteiger partial charge in [-0.25, -0.2) is 8.42 Å². The van der Waals surface area contributed by atoms with Gasteiger partial charge in [0.15, 0.2) is 15.8 Å². The number of nitrogens with one attached hydrogen (secondary N) is 1. The lowest BCUT2D eigenvalue weighted by Crippen LogP contribution is -2.42. The minimum Gasteiger partial charge on any atom is -0.497 e. The summed E-state index contributed by atoms with van der Waals surface area (Å²) in [7, 11) is 0.641. The Morgan fingerprint density at radius 1 is 1.31 bits per heavy atom. The summed E-state index contributed by atoms with van der Waals surface area (Å²) in [6.45, 7) is 2.56. The number of nitrogens with zero attached hydrogens (tertiary/aromatic N) is 2. The number of ether oxygens (including phenoxy) is 1. The van der Waals surface area contributed by atoms with Crippen molar-refractivity contribution in [2.24, 2.45) is 10.9 Å². The van der Waals surface area contributed by atoms with Crippen molar-refractivity contribution in [3.8, 4) is 5.75 Å². The number of hydrogen-bond donors (Lipinski definition) is 1. The molecule has 3 rings (SSSR count). The largest absolute Gasteiger partial charge is 0.497 e. The normalized spacial score (nSPS) is 25.0. The number of halogens is 1. The Morgan fingerprint density at radius 2 is 2.04 bits per heavy atom. The van der Waals surface area contributed by atoms with Crippen LogP contribution in [0.15, 0.2) is 29.3 Å². The van der Waals surface area contributed by atoms with Gasteiger partial charge in [0.05, 0.1) is 18.6 Å². The van der Waals surface area contributed by atoms with Gasteiger partial charge in [-0.05, 0) is 36.5 Å². The molecule has 0 spiro atoms. The molecule has 2 heterocycles.